The molecule has 0 amide bonds. The summed E-state index contributed by atoms with van der Waals surface area (Å²) in [5, 5.41) is 12.5. The van der Waals surface area contributed by atoms with E-state index in [1.165, 1.54) is 6.42 Å². The number of nitrogens with one attached hydrogen (secondary N) is 1. The van der Waals surface area contributed by atoms with Gasteiger partial charge >= 0.3 is 5.97 Å². The molecule has 0 aromatic rings. The Morgan fingerprint density at radius 2 is 2.16 bits per heavy atom. The van der Waals surface area contributed by atoms with Crippen LogP contribution in [0.15, 0.2) is 0 Å². The molecule has 2 unspecified atom stereocenters. The minimum atomic E-state index is -0.669. The van der Waals surface area contributed by atoms with Crippen molar-refractivity contribution in [3.8, 4) is 0 Å². The average molecular weight is 270 g/mol. The van der Waals surface area contributed by atoms with Gasteiger partial charge in [0.25, 0.3) is 0 Å². The first-order valence-corrected chi connectivity index (χ1v) is 7.68. The van der Waals surface area contributed by atoms with Gasteiger partial charge in [0.05, 0.1) is 0 Å². The number of carboxylic acid groups (broad SMARTS) is 1. The maximum Gasteiger partial charge on any atom is 0.303 e. The molecule has 0 aliphatic carbocycles. The summed E-state index contributed by atoms with van der Waals surface area (Å²) in [6.07, 6.45) is 3.46. The van der Waals surface area contributed by atoms with Gasteiger partial charge in [0, 0.05) is 25.6 Å². The summed E-state index contributed by atoms with van der Waals surface area (Å²) in [5.41, 5.74) is 0. The van der Waals surface area contributed by atoms with Gasteiger partial charge in [0.15, 0.2) is 0 Å². The zero-order valence-electron chi connectivity index (χ0n) is 12.7. The van der Waals surface area contributed by atoms with Crippen molar-refractivity contribution in [2.24, 2.45) is 11.8 Å². The predicted molar refractivity (Wildman–Crippen MR) is 78.3 cm³/mol. The Balaban J connectivity index is 2.36. The topological polar surface area (TPSA) is 52.6 Å². The largest absolute Gasteiger partial charge is 0.481 e. The highest BCUT2D eigenvalue weighted by Gasteiger charge is 2.26. The summed E-state index contributed by atoms with van der Waals surface area (Å²) in [6, 6.07) is 0.534. The minimum absolute atomic E-state index is 0.306. The van der Waals surface area contributed by atoms with Gasteiger partial charge < -0.3 is 15.3 Å². The summed E-state index contributed by atoms with van der Waals surface area (Å²) >= 11 is 0. The van der Waals surface area contributed by atoms with Crippen LogP contribution in [0.1, 0.15) is 46.5 Å². The van der Waals surface area contributed by atoms with Crippen molar-refractivity contribution in [1.82, 2.24) is 10.2 Å². The number of likely N-dealkylation sites (N-methyl/N-ethyl adjacent to an activating group) is 1. The van der Waals surface area contributed by atoms with Crippen molar-refractivity contribution < 1.29 is 9.90 Å². The van der Waals surface area contributed by atoms with Gasteiger partial charge in [-0.3, -0.25) is 4.79 Å². The average Bonchev–Trinajstić information content (AvgIpc) is 2.35. The first-order valence-electron chi connectivity index (χ1n) is 7.68. The highest BCUT2D eigenvalue weighted by Crippen LogP contribution is 2.21. The standard InChI is InChI=1S/C15H30N2O2/c1-4-17-10-13(5-6-15(18)19)9-14(11-17)16-8-7-12(2)3/h12-14,16H,4-11H2,1-3H3,(H,18,19). The van der Waals surface area contributed by atoms with Gasteiger partial charge in [-0.2, -0.15) is 0 Å². The Labute approximate surface area is 117 Å². The van der Waals surface area contributed by atoms with E-state index in [0.717, 1.165) is 44.9 Å². The number of rotatable bonds is 8. The molecule has 0 spiro atoms. The molecule has 112 valence electrons. The first kappa shape index (κ1) is 16.4. The highest BCUT2D eigenvalue weighted by molar-refractivity contribution is 5.66. The van der Waals surface area contributed by atoms with Crippen molar-refractivity contribution in [2.75, 3.05) is 26.2 Å². The Morgan fingerprint density at radius 3 is 2.74 bits per heavy atom. The fourth-order valence-electron chi connectivity index (χ4n) is 2.82. The van der Waals surface area contributed by atoms with Crippen LogP contribution in [-0.2, 0) is 4.79 Å². The molecule has 1 fully saturated rings. The lowest BCUT2D eigenvalue weighted by molar-refractivity contribution is -0.137. The van der Waals surface area contributed by atoms with Crippen molar-refractivity contribution >= 4 is 5.97 Å². The van der Waals surface area contributed by atoms with E-state index in [4.69, 9.17) is 5.11 Å². The zero-order valence-corrected chi connectivity index (χ0v) is 12.7. The fraction of sp³-hybridized carbons (Fsp3) is 0.933. The molecular formula is C15H30N2O2. The van der Waals surface area contributed by atoms with Gasteiger partial charge in [0.1, 0.15) is 0 Å². The molecule has 0 bridgehead atoms. The number of carboxylic acids is 1. The van der Waals surface area contributed by atoms with Gasteiger partial charge in [-0.25, -0.2) is 0 Å². The smallest absolute Gasteiger partial charge is 0.303 e. The summed E-state index contributed by atoms with van der Waals surface area (Å²) in [7, 11) is 0. The van der Waals surface area contributed by atoms with Gasteiger partial charge in [0.2, 0.25) is 0 Å². The Hall–Kier alpha value is -0.610. The van der Waals surface area contributed by atoms with E-state index < -0.39 is 5.97 Å². The number of aliphatic carboxylic acids is 1. The molecular weight excluding hydrogens is 240 g/mol. The maximum absolute atomic E-state index is 10.7. The molecule has 4 nitrogen and oxygen atoms in total. The van der Waals surface area contributed by atoms with Crippen LogP contribution in [0.3, 0.4) is 0 Å². The quantitative estimate of drug-likeness (QED) is 0.710. The molecule has 4 heteroatoms. The second kappa shape index (κ2) is 8.54. The van der Waals surface area contributed by atoms with E-state index in [2.05, 4.69) is 31.0 Å². The van der Waals surface area contributed by atoms with Crippen LogP contribution in [0, 0.1) is 11.8 Å². The van der Waals surface area contributed by atoms with E-state index in [-0.39, 0.29) is 0 Å². The van der Waals surface area contributed by atoms with E-state index in [9.17, 15) is 4.79 Å². The molecule has 0 radical (unpaired) electrons. The number of nitrogens with zero attached hydrogens (tertiary/aromatic N) is 1. The lowest BCUT2D eigenvalue weighted by Gasteiger charge is -2.37. The lowest BCUT2D eigenvalue weighted by atomic mass is 9.90. The molecule has 1 saturated heterocycles. The molecule has 1 heterocycles. The van der Waals surface area contributed by atoms with Crippen LogP contribution in [0.4, 0.5) is 0 Å². The van der Waals surface area contributed by atoms with Crippen molar-refractivity contribution in [3.05, 3.63) is 0 Å². The van der Waals surface area contributed by atoms with Crippen molar-refractivity contribution in [1.29, 1.82) is 0 Å². The zero-order chi connectivity index (χ0) is 14.3. The summed E-state index contributed by atoms with van der Waals surface area (Å²) < 4.78 is 0. The Kier molecular flexibility index (Phi) is 7.39. The number of likely N-dealkylation sites (tertiary alicyclic amines) is 1. The second-order valence-electron chi connectivity index (χ2n) is 6.22. The second-order valence-corrected chi connectivity index (χ2v) is 6.22. The number of carbonyl (C=O) groups is 1. The summed E-state index contributed by atoms with van der Waals surface area (Å²) in [6.45, 7) is 11.0. The normalized spacial score (nSPS) is 24.8. The monoisotopic (exact) mass is 270 g/mol. The predicted octanol–water partition coefficient (Wildman–Crippen LogP) is 2.20. The third-order valence-electron chi connectivity index (χ3n) is 3.98. The molecule has 0 saturated carbocycles. The van der Waals surface area contributed by atoms with Crippen LogP contribution in [0.25, 0.3) is 0 Å². The van der Waals surface area contributed by atoms with Gasteiger partial charge in [-0.1, -0.05) is 20.8 Å². The summed E-state index contributed by atoms with van der Waals surface area (Å²) in [5.74, 6) is 0.598. The molecule has 0 aromatic carbocycles. The molecule has 0 aromatic heterocycles. The SMILES string of the molecule is CCN1CC(CCC(=O)O)CC(NCCC(C)C)C1. The fourth-order valence-corrected chi connectivity index (χ4v) is 2.82. The Bertz CT molecular complexity index is 269. The van der Waals surface area contributed by atoms with Crippen molar-refractivity contribution in [2.45, 2.75) is 52.5 Å². The van der Waals surface area contributed by atoms with E-state index in [1.54, 1.807) is 0 Å². The first-order chi connectivity index (χ1) is 9.01. The lowest BCUT2D eigenvalue weighted by Crippen LogP contribution is -2.49. The van der Waals surface area contributed by atoms with Gasteiger partial charge in [-0.05, 0) is 44.2 Å². The number of hydrogen-bond acceptors (Lipinski definition) is 3. The number of piperidine rings is 1. The third-order valence-corrected chi connectivity index (χ3v) is 3.98. The van der Waals surface area contributed by atoms with E-state index in [0.29, 0.717) is 18.4 Å². The molecule has 2 atom stereocenters. The van der Waals surface area contributed by atoms with Gasteiger partial charge in [-0.15, -0.1) is 0 Å². The Morgan fingerprint density at radius 1 is 1.42 bits per heavy atom. The van der Waals surface area contributed by atoms with Crippen LogP contribution < -0.4 is 5.32 Å². The maximum atomic E-state index is 10.7. The highest BCUT2D eigenvalue weighted by atomic mass is 16.4. The van der Waals surface area contributed by atoms with E-state index >= 15 is 0 Å². The molecule has 1 aliphatic rings. The van der Waals surface area contributed by atoms with Crippen molar-refractivity contribution in [3.63, 3.8) is 0 Å². The molecule has 19 heavy (non-hydrogen) atoms. The molecule has 2 N–H and O–H groups in total. The summed E-state index contributed by atoms with van der Waals surface area (Å²) in [4.78, 5) is 13.1. The van der Waals surface area contributed by atoms with Crippen LogP contribution in [-0.4, -0.2) is 48.2 Å². The van der Waals surface area contributed by atoms with Crippen LogP contribution in [0.2, 0.25) is 0 Å². The van der Waals surface area contributed by atoms with Crippen LogP contribution >= 0.6 is 0 Å². The number of hydrogen-bond donors (Lipinski definition) is 2. The molecule has 1 aliphatic heterocycles. The van der Waals surface area contributed by atoms with Crippen LogP contribution in [0.5, 0.6) is 0 Å². The van der Waals surface area contributed by atoms with E-state index in [1.807, 2.05) is 0 Å². The molecule has 1 rings (SSSR count). The third kappa shape index (κ3) is 6.92. The minimum Gasteiger partial charge on any atom is -0.481 e.